The van der Waals surface area contributed by atoms with Crippen molar-refractivity contribution in [1.29, 1.82) is 0 Å². The number of anilines is 1. The number of aliphatic hydroxyl groups excluding tert-OH is 1. The summed E-state index contributed by atoms with van der Waals surface area (Å²) < 4.78 is 45.0. The number of nitrogens with zero attached hydrogens (tertiary/aromatic N) is 2. The zero-order valence-corrected chi connectivity index (χ0v) is 32.7. The molecule has 0 saturated carbocycles. The molecule has 288 valence electrons. The van der Waals surface area contributed by atoms with Crippen LogP contribution < -0.4 is 10.0 Å². The van der Waals surface area contributed by atoms with E-state index in [1.54, 1.807) is 41.2 Å². The second kappa shape index (κ2) is 17.5. The lowest BCUT2D eigenvalue weighted by Gasteiger charge is -2.43. The lowest BCUT2D eigenvalue weighted by Crippen LogP contribution is -2.45. The highest BCUT2D eigenvalue weighted by Gasteiger charge is 2.42. The fourth-order valence-corrected chi connectivity index (χ4v) is 8.34. The number of rotatable bonds is 13. The number of hydrogen-bond donors (Lipinski definition) is 3. The van der Waals surface area contributed by atoms with Gasteiger partial charge in [-0.25, -0.2) is 13.4 Å². The number of aliphatic hydroxyl groups is 1. The molecule has 1 amide bonds. The largest absolute Gasteiger partial charge is 0.392 e. The van der Waals surface area contributed by atoms with Gasteiger partial charge in [0.2, 0.25) is 15.9 Å². The molecule has 1 fully saturated rings. The number of halogens is 2. The maximum absolute atomic E-state index is 14.0. The molecule has 1 aliphatic rings. The van der Waals surface area contributed by atoms with Gasteiger partial charge in [0.15, 0.2) is 11.4 Å². The van der Waals surface area contributed by atoms with Gasteiger partial charge in [-0.3, -0.25) is 4.79 Å². The normalized spacial score (nSPS) is 19.0. The van der Waals surface area contributed by atoms with Gasteiger partial charge in [0.05, 0.1) is 36.6 Å². The molecule has 1 unspecified atom stereocenters. The van der Waals surface area contributed by atoms with Crippen molar-refractivity contribution >= 4 is 44.8 Å². The van der Waals surface area contributed by atoms with Crippen LogP contribution in [0, 0.1) is 6.92 Å². The molecule has 56 heavy (non-hydrogen) atoms. The highest BCUT2D eigenvalue weighted by atomic mass is 35.5. The van der Waals surface area contributed by atoms with Crippen molar-refractivity contribution in [2.75, 3.05) is 5.32 Å². The zero-order valence-electron chi connectivity index (χ0n) is 30.3. The first-order valence-corrected chi connectivity index (χ1v) is 20.3. The van der Waals surface area contributed by atoms with E-state index >= 15 is 0 Å². The third kappa shape index (κ3) is 9.22. The topological polar surface area (TPSA) is 132 Å². The molecular weight excluding hydrogens is 771 g/mol. The lowest BCUT2D eigenvalue weighted by molar-refractivity contribution is -0.263. The average Bonchev–Trinajstić information content (AvgIpc) is 3.53. The minimum Gasteiger partial charge on any atom is -0.392 e. The van der Waals surface area contributed by atoms with Gasteiger partial charge in [0, 0.05) is 17.2 Å². The van der Waals surface area contributed by atoms with Crippen LogP contribution in [-0.4, -0.2) is 41.1 Å². The third-order valence-corrected chi connectivity index (χ3v) is 12.0. The summed E-state index contributed by atoms with van der Waals surface area (Å²) in [5.74, 6) is -0.851. The first-order chi connectivity index (χ1) is 27.1. The molecule has 6 aromatic rings. The van der Waals surface area contributed by atoms with Gasteiger partial charge in [-0.15, -0.1) is 0 Å². The minimum absolute atomic E-state index is 0.0609. The van der Waals surface area contributed by atoms with Crippen LogP contribution >= 0.6 is 23.2 Å². The number of ether oxygens (including phenoxy) is 2. The van der Waals surface area contributed by atoms with E-state index in [0.717, 1.165) is 27.8 Å². The van der Waals surface area contributed by atoms with E-state index in [2.05, 4.69) is 15.0 Å². The zero-order chi connectivity index (χ0) is 39.2. The Balaban J connectivity index is 1.20. The first kappa shape index (κ1) is 39.4. The molecule has 2 heterocycles. The molecular formula is C43H40Cl2N4O6S. The summed E-state index contributed by atoms with van der Waals surface area (Å²) in [5, 5.41) is 13.1. The smallest absolute Gasteiger partial charge is 0.242 e. The first-order valence-electron chi connectivity index (χ1n) is 18.0. The van der Waals surface area contributed by atoms with E-state index < -0.39 is 40.5 Å². The molecule has 3 N–H and O–H groups in total. The summed E-state index contributed by atoms with van der Waals surface area (Å²) >= 11 is 12.8. The van der Waals surface area contributed by atoms with Crippen LogP contribution in [0.15, 0.2) is 145 Å². The van der Waals surface area contributed by atoms with E-state index in [-0.39, 0.29) is 34.1 Å². The molecule has 1 saturated heterocycles. The molecule has 10 nitrogen and oxygen atoms in total. The van der Waals surface area contributed by atoms with Gasteiger partial charge in [0.25, 0.3) is 0 Å². The van der Waals surface area contributed by atoms with Crippen molar-refractivity contribution in [2.45, 2.75) is 61.8 Å². The Labute approximate surface area is 336 Å². The van der Waals surface area contributed by atoms with E-state index in [4.69, 9.17) is 32.7 Å². The van der Waals surface area contributed by atoms with Gasteiger partial charge < -0.3 is 24.5 Å². The second-order valence-corrected chi connectivity index (χ2v) is 16.1. The van der Waals surface area contributed by atoms with Crippen LogP contribution in [-0.2, 0) is 43.9 Å². The number of imidazole rings is 1. The molecule has 0 aliphatic carbocycles. The molecule has 0 radical (unpaired) electrons. The quantitative estimate of drug-likeness (QED) is 0.107. The van der Waals surface area contributed by atoms with Crippen molar-refractivity contribution in [3.05, 3.63) is 183 Å². The lowest BCUT2D eigenvalue weighted by atomic mass is 9.83. The Morgan fingerprint density at radius 2 is 1.50 bits per heavy atom. The number of aromatic nitrogens is 2. The molecule has 1 aromatic heterocycles. The third-order valence-electron chi connectivity index (χ3n) is 9.73. The van der Waals surface area contributed by atoms with Gasteiger partial charge >= 0.3 is 0 Å². The summed E-state index contributed by atoms with van der Waals surface area (Å²) in [7, 11) is -4.05. The van der Waals surface area contributed by atoms with Crippen LogP contribution in [0.5, 0.6) is 0 Å². The summed E-state index contributed by atoms with van der Waals surface area (Å²) in [4.78, 5) is 18.2. The predicted molar refractivity (Wildman–Crippen MR) is 216 cm³/mol. The van der Waals surface area contributed by atoms with Gasteiger partial charge in [-0.1, -0.05) is 138 Å². The molecule has 0 spiro atoms. The fourth-order valence-electron chi connectivity index (χ4n) is 6.83. The number of carbonyl (C=O) groups is 1. The van der Waals surface area contributed by atoms with Crippen molar-refractivity contribution in [2.24, 2.45) is 0 Å². The van der Waals surface area contributed by atoms with E-state index in [9.17, 15) is 18.3 Å². The Hall–Kier alpha value is -4.85. The van der Waals surface area contributed by atoms with Crippen molar-refractivity contribution in [3.63, 3.8) is 0 Å². The van der Waals surface area contributed by atoms with Crippen LogP contribution in [0.2, 0.25) is 10.3 Å². The van der Waals surface area contributed by atoms with E-state index in [0.29, 0.717) is 17.8 Å². The van der Waals surface area contributed by atoms with Gasteiger partial charge in [0.1, 0.15) is 11.2 Å². The SMILES string of the molecule is Cc1ccc(S(=O)(=O)N[C@H](Cc2ccccc2)C(=O)Nc2cccc(C3O[C@H](Cn4cnc(Cl)c4Cl)[C@@H](c4ccccc4)[C@H](c4ccc(CO)cc4)O3)c2)cc1. The number of sulfonamides is 1. The number of hydrogen-bond acceptors (Lipinski definition) is 7. The van der Waals surface area contributed by atoms with Crippen LogP contribution in [0.25, 0.3) is 0 Å². The number of carbonyl (C=O) groups excluding carboxylic acids is 1. The maximum Gasteiger partial charge on any atom is 0.242 e. The molecule has 5 atom stereocenters. The number of amides is 1. The Kier molecular flexibility index (Phi) is 12.3. The molecule has 0 bridgehead atoms. The van der Waals surface area contributed by atoms with Crippen molar-refractivity contribution in [1.82, 2.24) is 14.3 Å². The standard InChI is InChI=1S/C43H40Cl2N4O6S/c1-28-15-21-35(22-16-28)56(52,53)48-36(23-29-9-4-2-5-10-29)42(51)47-34-14-8-13-33(24-34)43-54-37(25-49-27-46-40(44)41(49)45)38(31-11-6-3-7-12-31)39(55-43)32-19-17-30(26-50)18-20-32/h2-22,24,27,36-39,43,48,50H,23,25-26H2,1H3,(H,47,51)/t36-,37-,38-,39+,43?/m1/s1. The van der Waals surface area contributed by atoms with E-state index in [1.165, 1.54) is 12.1 Å². The van der Waals surface area contributed by atoms with Gasteiger partial charge in [-0.05, 0) is 59.9 Å². The Bertz CT molecular complexity index is 2360. The monoisotopic (exact) mass is 810 g/mol. The van der Waals surface area contributed by atoms with E-state index in [1.807, 2.05) is 97.9 Å². The summed E-state index contributed by atoms with van der Waals surface area (Å²) in [6.45, 7) is 2.07. The summed E-state index contributed by atoms with van der Waals surface area (Å²) in [6.07, 6.45) is -0.243. The minimum atomic E-state index is -4.05. The van der Waals surface area contributed by atoms with Crippen LogP contribution in [0.3, 0.4) is 0 Å². The second-order valence-electron chi connectivity index (χ2n) is 13.7. The van der Waals surface area contributed by atoms with Gasteiger partial charge in [-0.2, -0.15) is 4.72 Å². The Morgan fingerprint density at radius 1 is 0.821 bits per heavy atom. The van der Waals surface area contributed by atoms with Crippen molar-refractivity contribution < 1.29 is 27.8 Å². The Morgan fingerprint density at radius 3 is 2.16 bits per heavy atom. The summed E-state index contributed by atoms with van der Waals surface area (Å²) in [6, 6.07) is 39.2. The summed E-state index contributed by atoms with van der Waals surface area (Å²) in [5.41, 5.74) is 5.35. The highest BCUT2D eigenvalue weighted by molar-refractivity contribution is 7.89. The number of nitrogens with one attached hydrogen (secondary N) is 2. The highest BCUT2D eigenvalue weighted by Crippen LogP contribution is 2.47. The molecule has 7 rings (SSSR count). The van der Waals surface area contributed by atoms with Crippen LogP contribution in [0.4, 0.5) is 5.69 Å². The maximum atomic E-state index is 14.0. The number of aryl methyl sites for hydroxylation is 1. The average molecular weight is 812 g/mol. The molecule has 5 aromatic carbocycles. The number of benzene rings is 5. The fraction of sp³-hybridized carbons (Fsp3) is 0.209. The van der Waals surface area contributed by atoms with Crippen molar-refractivity contribution in [3.8, 4) is 0 Å². The molecule has 1 aliphatic heterocycles. The van der Waals surface area contributed by atoms with Crippen LogP contribution in [0.1, 0.15) is 51.7 Å². The molecule has 13 heteroatoms. The predicted octanol–water partition coefficient (Wildman–Crippen LogP) is 8.16.